The second kappa shape index (κ2) is 6.68. The Labute approximate surface area is 114 Å². The Balaban J connectivity index is 1.79. The first-order chi connectivity index (χ1) is 9.17. The molecule has 1 amide bonds. The summed E-state index contributed by atoms with van der Waals surface area (Å²) >= 11 is 0. The average molecular weight is 262 g/mol. The average Bonchev–Trinajstić information content (AvgIpc) is 2.39. The van der Waals surface area contributed by atoms with E-state index in [1.54, 1.807) is 0 Å². The van der Waals surface area contributed by atoms with Crippen LogP contribution in [-0.4, -0.2) is 42.2 Å². The first kappa shape index (κ1) is 14.0. The van der Waals surface area contributed by atoms with Crippen LogP contribution < -0.4 is 5.32 Å². The van der Waals surface area contributed by atoms with Crippen LogP contribution in [0.4, 0.5) is 5.69 Å². The number of amides is 1. The lowest BCUT2D eigenvalue weighted by Gasteiger charge is -2.30. The number of aliphatic hydroxyl groups excluding tert-OH is 1. The molecule has 1 saturated heterocycles. The molecule has 19 heavy (non-hydrogen) atoms. The van der Waals surface area contributed by atoms with E-state index in [0.29, 0.717) is 12.5 Å². The summed E-state index contributed by atoms with van der Waals surface area (Å²) in [4.78, 5) is 14.1. The minimum atomic E-state index is 0.0352. The molecule has 0 atom stereocenters. The first-order valence-corrected chi connectivity index (χ1v) is 6.87. The predicted octanol–water partition coefficient (Wildman–Crippen LogP) is 1.64. The lowest BCUT2D eigenvalue weighted by atomic mass is 9.98. The van der Waals surface area contributed by atoms with Gasteiger partial charge in [-0.05, 0) is 56.5 Å². The fraction of sp³-hybridized carbons (Fsp3) is 0.533. The van der Waals surface area contributed by atoms with Gasteiger partial charge in [-0.25, -0.2) is 0 Å². The summed E-state index contributed by atoms with van der Waals surface area (Å²) in [5, 5.41) is 12.0. The van der Waals surface area contributed by atoms with Crippen LogP contribution in [0.2, 0.25) is 0 Å². The Morgan fingerprint density at radius 1 is 1.42 bits per heavy atom. The molecule has 104 valence electrons. The summed E-state index contributed by atoms with van der Waals surface area (Å²) in [7, 11) is 0. The van der Waals surface area contributed by atoms with Gasteiger partial charge in [0.2, 0.25) is 5.91 Å². The Bertz CT molecular complexity index is 426. The second-order valence-electron chi connectivity index (χ2n) is 5.32. The Morgan fingerprint density at radius 2 is 2.16 bits per heavy atom. The van der Waals surface area contributed by atoms with Gasteiger partial charge < -0.3 is 10.4 Å². The van der Waals surface area contributed by atoms with Crippen LogP contribution in [0.5, 0.6) is 0 Å². The summed E-state index contributed by atoms with van der Waals surface area (Å²) < 4.78 is 0. The van der Waals surface area contributed by atoms with Crippen molar-refractivity contribution < 1.29 is 9.90 Å². The van der Waals surface area contributed by atoms with Gasteiger partial charge in [-0.2, -0.15) is 0 Å². The van der Waals surface area contributed by atoms with Crippen molar-refractivity contribution in [3.63, 3.8) is 0 Å². The summed E-state index contributed by atoms with van der Waals surface area (Å²) in [6.45, 7) is 4.50. The van der Waals surface area contributed by atoms with E-state index in [0.717, 1.165) is 37.2 Å². The molecule has 0 saturated carbocycles. The largest absolute Gasteiger partial charge is 0.396 e. The van der Waals surface area contributed by atoms with Crippen molar-refractivity contribution in [3.05, 3.63) is 29.8 Å². The third-order valence-corrected chi connectivity index (χ3v) is 3.63. The van der Waals surface area contributed by atoms with Gasteiger partial charge in [0.05, 0.1) is 6.54 Å². The zero-order valence-corrected chi connectivity index (χ0v) is 11.4. The molecule has 0 aliphatic carbocycles. The van der Waals surface area contributed by atoms with Gasteiger partial charge in [0, 0.05) is 12.3 Å². The third kappa shape index (κ3) is 4.33. The van der Waals surface area contributed by atoms with Crippen molar-refractivity contribution in [1.29, 1.82) is 0 Å². The Morgan fingerprint density at radius 3 is 2.79 bits per heavy atom. The topological polar surface area (TPSA) is 52.6 Å². The van der Waals surface area contributed by atoms with Gasteiger partial charge in [-0.15, -0.1) is 0 Å². The summed E-state index contributed by atoms with van der Waals surface area (Å²) in [6, 6.07) is 7.83. The maximum atomic E-state index is 11.9. The molecule has 0 radical (unpaired) electrons. The van der Waals surface area contributed by atoms with Gasteiger partial charge in [0.25, 0.3) is 0 Å². The summed E-state index contributed by atoms with van der Waals surface area (Å²) in [6.07, 6.45) is 1.96. The van der Waals surface area contributed by atoms with E-state index in [2.05, 4.69) is 10.2 Å². The van der Waals surface area contributed by atoms with Crippen molar-refractivity contribution in [1.82, 2.24) is 4.90 Å². The summed E-state index contributed by atoms with van der Waals surface area (Å²) in [5.41, 5.74) is 2.00. The van der Waals surface area contributed by atoms with Gasteiger partial charge in [-0.1, -0.05) is 12.1 Å². The van der Waals surface area contributed by atoms with E-state index >= 15 is 0 Å². The number of hydrogen-bond acceptors (Lipinski definition) is 3. The third-order valence-electron chi connectivity index (χ3n) is 3.63. The number of hydrogen-bond donors (Lipinski definition) is 2. The Hall–Kier alpha value is -1.39. The first-order valence-electron chi connectivity index (χ1n) is 6.87. The van der Waals surface area contributed by atoms with Gasteiger partial charge in [0.15, 0.2) is 0 Å². The maximum Gasteiger partial charge on any atom is 0.238 e. The number of rotatable bonds is 4. The molecule has 1 heterocycles. The van der Waals surface area contributed by atoms with E-state index in [1.807, 2.05) is 31.2 Å². The molecule has 1 aromatic carbocycles. The fourth-order valence-corrected chi connectivity index (χ4v) is 2.45. The molecule has 0 spiro atoms. The number of benzene rings is 1. The standard InChI is InChI=1S/C15H22N2O2/c1-12-3-2-4-14(9-12)16-15(19)10-17-7-5-13(11-18)6-8-17/h2-4,9,13,18H,5-8,10-11H2,1H3,(H,16,19). The number of nitrogens with zero attached hydrogens (tertiary/aromatic N) is 1. The molecule has 4 nitrogen and oxygen atoms in total. The monoisotopic (exact) mass is 262 g/mol. The van der Waals surface area contributed by atoms with Crippen LogP contribution in [0, 0.1) is 12.8 Å². The highest BCUT2D eigenvalue weighted by Gasteiger charge is 2.20. The van der Waals surface area contributed by atoms with Crippen LogP contribution in [-0.2, 0) is 4.79 Å². The number of piperidine rings is 1. The highest BCUT2D eigenvalue weighted by atomic mass is 16.3. The zero-order valence-electron chi connectivity index (χ0n) is 11.4. The predicted molar refractivity (Wildman–Crippen MR) is 76.1 cm³/mol. The molecule has 0 aromatic heterocycles. The minimum absolute atomic E-state index is 0.0352. The SMILES string of the molecule is Cc1cccc(NC(=O)CN2CCC(CO)CC2)c1. The van der Waals surface area contributed by atoms with Crippen LogP contribution in [0.1, 0.15) is 18.4 Å². The van der Waals surface area contributed by atoms with Crippen LogP contribution in [0.25, 0.3) is 0 Å². The number of anilines is 1. The van der Waals surface area contributed by atoms with Crippen molar-refractivity contribution >= 4 is 11.6 Å². The minimum Gasteiger partial charge on any atom is -0.396 e. The zero-order chi connectivity index (χ0) is 13.7. The maximum absolute atomic E-state index is 11.9. The van der Waals surface area contributed by atoms with E-state index < -0.39 is 0 Å². The van der Waals surface area contributed by atoms with Gasteiger partial charge in [-0.3, -0.25) is 9.69 Å². The molecular formula is C15H22N2O2. The quantitative estimate of drug-likeness (QED) is 0.867. The molecule has 2 N–H and O–H groups in total. The molecule has 2 rings (SSSR count). The van der Waals surface area contributed by atoms with Crippen LogP contribution >= 0.6 is 0 Å². The van der Waals surface area contributed by atoms with Crippen molar-refractivity contribution in [3.8, 4) is 0 Å². The molecule has 1 aromatic rings. The van der Waals surface area contributed by atoms with E-state index in [9.17, 15) is 4.79 Å². The lowest BCUT2D eigenvalue weighted by molar-refractivity contribution is -0.117. The number of aliphatic hydroxyl groups is 1. The van der Waals surface area contributed by atoms with Gasteiger partial charge in [0.1, 0.15) is 0 Å². The molecule has 0 bridgehead atoms. The van der Waals surface area contributed by atoms with E-state index in [4.69, 9.17) is 5.11 Å². The highest BCUT2D eigenvalue weighted by molar-refractivity contribution is 5.92. The van der Waals surface area contributed by atoms with Crippen molar-refractivity contribution in [2.24, 2.45) is 5.92 Å². The van der Waals surface area contributed by atoms with Crippen LogP contribution in [0.15, 0.2) is 24.3 Å². The molecular weight excluding hydrogens is 240 g/mol. The summed E-state index contributed by atoms with van der Waals surface area (Å²) in [5.74, 6) is 0.448. The molecule has 1 aliphatic heterocycles. The van der Waals surface area contributed by atoms with E-state index in [1.165, 1.54) is 0 Å². The molecule has 4 heteroatoms. The van der Waals surface area contributed by atoms with E-state index in [-0.39, 0.29) is 12.5 Å². The lowest BCUT2D eigenvalue weighted by Crippen LogP contribution is -2.39. The second-order valence-corrected chi connectivity index (χ2v) is 5.32. The molecule has 1 fully saturated rings. The number of nitrogens with one attached hydrogen (secondary N) is 1. The molecule has 1 aliphatic rings. The van der Waals surface area contributed by atoms with Gasteiger partial charge >= 0.3 is 0 Å². The Kier molecular flexibility index (Phi) is 4.93. The highest BCUT2D eigenvalue weighted by Crippen LogP contribution is 2.16. The normalized spacial score (nSPS) is 17.4. The van der Waals surface area contributed by atoms with Crippen molar-refractivity contribution in [2.75, 3.05) is 31.6 Å². The van der Waals surface area contributed by atoms with Crippen LogP contribution in [0.3, 0.4) is 0 Å². The number of carbonyl (C=O) groups is 1. The smallest absolute Gasteiger partial charge is 0.238 e. The molecule has 0 unspecified atom stereocenters. The number of carbonyl (C=O) groups excluding carboxylic acids is 1. The van der Waals surface area contributed by atoms with Crippen molar-refractivity contribution in [2.45, 2.75) is 19.8 Å². The number of likely N-dealkylation sites (tertiary alicyclic amines) is 1. The number of aryl methyl sites for hydroxylation is 1. The fourth-order valence-electron chi connectivity index (χ4n) is 2.45.